The molecule has 104 valence electrons. The number of benzene rings is 1. The zero-order chi connectivity index (χ0) is 13.7. The Kier molecular flexibility index (Phi) is 4.87. The molecule has 4 nitrogen and oxygen atoms in total. The third kappa shape index (κ3) is 3.30. The van der Waals surface area contributed by atoms with Gasteiger partial charge in [0.2, 0.25) is 0 Å². The Balaban J connectivity index is 2.03. The molecule has 1 aliphatic rings. The van der Waals surface area contributed by atoms with Crippen molar-refractivity contribution in [2.75, 3.05) is 31.2 Å². The van der Waals surface area contributed by atoms with E-state index in [9.17, 15) is 9.18 Å². The number of piperidine rings is 1. The monoisotopic (exact) mass is 267 g/mol. The summed E-state index contributed by atoms with van der Waals surface area (Å²) in [5.41, 5.74) is 0.771. The molecule has 5 heteroatoms. The second kappa shape index (κ2) is 6.63. The summed E-state index contributed by atoms with van der Waals surface area (Å²) < 4.78 is 19.3. The van der Waals surface area contributed by atoms with Gasteiger partial charge in [0.15, 0.2) is 6.29 Å². The molecule has 0 aliphatic carbocycles. The number of carbonyl (C=O) groups excluding carboxylic acids is 1. The lowest BCUT2D eigenvalue weighted by Gasteiger charge is -2.34. The Morgan fingerprint density at radius 3 is 2.79 bits per heavy atom. The minimum Gasteiger partial charge on any atom is -0.394 e. The van der Waals surface area contributed by atoms with Gasteiger partial charge in [-0.05, 0) is 25.0 Å². The standard InChI is InChI=1S/C14H18FNO3/c15-13-3-1-2-11(10-18)14(13)16-6-4-12(5-7-16)19-9-8-17/h1-3,10,12,17H,4-9H2. The van der Waals surface area contributed by atoms with Gasteiger partial charge >= 0.3 is 0 Å². The smallest absolute Gasteiger partial charge is 0.152 e. The molecule has 0 spiro atoms. The van der Waals surface area contributed by atoms with Gasteiger partial charge in [0.05, 0.1) is 25.0 Å². The lowest BCUT2D eigenvalue weighted by molar-refractivity contribution is 0.0158. The Morgan fingerprint density at radius 2 is 2.16 bits per heavy atom. The van der Waals surface area contributed by atoms with Crippen molar-refractivity contribution < 1.29 is 19.0 Å². The molecule has 1 fully saturated rings. The third-order valence-electron chi connectivity index (χ3n) is 3.35. The first-order chi connectivity index (χ1) is 9.26. The minimum absolute atomic E-state index is 0.0167. The highest BCUT2D eigenvalue weighted by Crippen LogP contribution is 2.27. The number of anilines is 1. The molecule has 0 radical (unpaired) electrons. The van der Waals surface area contributed by atoms with E-state index in [2.05, 4.69) is 0 Å². The number of aliphatic hydroxyl groups is 1. The van der Waals surface area contributed by atoms with Gasteiger partial charge in [-0.2, -0.15) is 0 Å². The number of ether oxygens (including phenoxy) is 1. The van der Waals surface area contributed by atoms with Crippen molar-refractivity contribution in [3.63, 3.8) is 0 Å². The number of hydrogen-bond acceptors (Lipinski definition) is 4. The number of nitrogens with zero attached hydrogens (tertiary/aromatic N) is 1. The van der Waals surface area contributed by atoms with Crippen LogP contribution in [-0.2, 0) is 4.74 Å². The SMILES string of the molecule is O=Cc1cccc(F)c1N1CCC(OCCO)CC1. The average molecular weight is 267 g/mol. The van der Waals surface area contributed by atoms with Crippen LogP contribution in [0.4, 0.5) is 10.1 Å². The maximum absolute atomic E-state index is 13.9. The molecule has 1 aromatic rings. The molecule has 0 atom stereocenters. The minimum atomic E-state index is -0.362. The maximum atomic E-state index is 13.9. The molecule has 19 heavy (non-hydrogen) atoms. The van der Waals surface area contributed by atoms with Gasteiger partial charge in [-0.3, -0.25) is 4.79 Å². The van der Waals surface area contributed by atoms with Crippen molar-refractivity contribution in [1.82, 2.24) is 0 Å². The molecule has 2 rings (SSSR count). The van der Waals surface area contributed by atoms with Crippen LogP contribution in [0.2, 0.25) is 0 Å². The van der Waals surface area contributed by atoms with E-state index < -0.39 is 0 Å². The number of aldehydes is 1. The molecular weight excluding hydrogens is 249 g/mol. The first kappa shape index (κ1) is 14.0. The Labute approximate surface area is 111 Å². The molecule has 0 bridgehead atoms. The van der Waals surface area contributed by atoms with E-state index in [1.165, 1.54) is 6.07 Å². The normalized spacial score (nSPS) is 16.6. The van der Waals surface area contributed by atoms with Crippen molar-refractivity contribution in [3.05, 3.63) is 29.6 Å². The van der Waals surface area contributed by atoms with Gasteiger partial charge in [-0.15, -0.1) is 0 Å². The van der Waals surface area contributed by atoms with Crippen molar-refractivity contribution in [2.24, 2.45) is 0 Å². The number of aliphatic hydroxyl groups excluding tert-OH is 1. The highest BCUT2D eigenvalue weighted by molar-refractivity contribution is 5.84. The van der Waals surface area contributed by atoms with E-state index in [0.29, 0.717) is 37.2 Å². The summed E-state index contributed by atoms with van der Waals surface area (Å²) in [5.74, 6) is -0.362. The third-order valence-corrected chi connectivity index (χ3v) is 3.35. The molecule has 1 N–H and O–H groups in total. The zero-order valence-electron chi connectivity index (χ0n) is 10.7. The molecule has 1 aliphatic heterocycles. The van der Waals surface area contributed by atoms with Crippen LogP contribution in [0.3, 0.4) is 0 Å². The number of rotatable bonds is 5. The van der Waals surface area contributed by atoms with Crippen LogP contribution in [0.5, 0.6) is 0 Å². The Morgan fingerprint density at radius 1 is 1.42 bits per heavy atom. The lowest BCUT2D eigenvalue weighted by Crippen LogP contribution is -2.38. The predicted octanol–water partition coefficient (Wildman–Crippen LogP) is 1.62. The molecule has 1 saturated heterocycles. The fourth-order valence-corrected chi connectivity index (χ4v) is 2.43. The predicted molar refractivity (Wildman–Crippen MR) is 70.1 cm³/mol. The van der Waals surface area contributed by atoms with Crippen molar-refractivity contribution in [3.8, 4) is 0 Å². The number of carbonyl (C=O) groups is 1. The second-order valence-corrected chi connectivity index (χ2v) is 4.58. The molecule has 0 amide bonds. The molecular formula is C14H18FNO3. The molecule has 0 saturated carbocycles. The van der Waals surface area contributed by atoms with E-state index in [-0.39, 0.29) is 18.5 Å². The van der Waals surface area contributed by atoms with Crippen LogP contribution in [0.1, 0.15) is 23.2 Å². The summed E-state index contributed by atoms with van der Waals surface area (Å²) in [6, 6.07) is 4.54. The van der Waals surface area contributed by atoms with Crippen molar-refractivity contribution in [2.45, 2.75) is 18.9 Å². The number of hydrogen-bond donors (Lipinski definition) is 1. The average Bonchev–Trinajstić information content (AvgIpc) is 2.45. The quantitative estimate of drug-likeness (QED) is 0.824. The molecule has 0 unspecified atom stereocenters. The van der Waals surface area contributed by atoms with Crippen LogP contribution >= 0.6 is 0 Å². The summed E-state index contributed by atoms with van der Waals surface area (Å²) in [7, 11) is 0. The maximum Gasteiger partial charge on any atom is 0.152 e. The number of para-hydroxylation sites is 1. The van der Waals surface area contributed by atoms with E-state index in [1.54, 1.807) is 12.1 Å². The van der Waals surface area contributed by atoms with E-state index in [4.69, 9.17) is 9.84 Å². The van der Waals surface area contributed by atoms with E-state index >= 15 is 0 Å². The highest BCUT2D eigenvalue weighted by Gasteiger charge is 2.23. The highest BCUT2D eigenvalue weighted by atomic mass is 19.1. The summed E-state index contributed by atoms with van der Waals surface area (Å²) in [4.78, 5) is 12.9. The summed E-state index contributed by atoms with van der Waals surface area (Å²) >= 11 is 0. The first-order valence-electron chi connectivity index (χ1n) is 6.47. The number of halogens is 1. The van der Waals surface area contributed by atoms with Crippen LogP contribution in [0.25, 0.3) is 0 Å². The van der Waals surface area contributed by atoms with Gasteiger partial charge in [0.1, 0.15) is 5.82 Å². The summed E-state index contributed by atoms with van der Waals surface area (Å²) in [6.45, 7) is 1.66. The summed E-state index contributed by atoms with van der Waals surface area (Å²) in [5, 5.41) is 8.71. The van der Waals surface area contributed by atoms with Gasteiger partial charge in [0, 0.05) is 18.7 Å². The zero-order valence-corrected chi connectivity index (χ0v) is 10.7. The van der Waals surface area contributed by atoms with Gasteiger partial charge < -0.3 is 14.7 Å². The Bertz CT molecular complexity index is 431. The second-order valence-electron chi connectivity index (χ2n) is 4.58. The topological polar surface area (TPSA) is 49.8 Å². The molecule has 1 aromatic carbocycles. The van der Waals surface area contributed by atoms with Crippen molar-refractivity contribution in [1.29, 1.82) is 0 Å². The molecule has 0 aromatic heterocycles. The lowest BCUT2D eigenvalue weighted by atomic mass is 10.0. The Hall–Kier alpha value is -1.46. The largest absolute Gasteiger partial charge is 0.394 e. The van der Waals surface area contributed by atoms with Crippen LogP contribution in [0.15, 0.2) is 18.2 Å². The van der Waals surface area contributed by atoms with Crippen LogP contribution in [-0.4, -0.2) is 43.8 Å². The van der Waals surface area contributed by atoms with E-state index in [0.717, 1.165) is 12.8 Å². The fraction of sp³-hybridized carbons (Fsp3) is 0.500. The summed E-state index contributed by atoms with van der Waals surface area (Å²) in [6.07, 6.45) is 2.33. The first-order valence-corrected chi connectivity index (χ1v) is 6.47. The van der Waals surface area contributed by atoms with Crippen LogP contribution in [0, 0.1) is 5.82 Å². The van der Waals surface area contributed by atoms with Crippen LogP contribution < -0.4 is 4.90 Å². The van der Waals surface area contributed by atoms with E-state index in [1.807, 2.05) is 4.90 Å². The van der Waals surface area contributed by atoms with Gasteiger partial charge in [-0.1, -0.05) is 6.07 Å². The van der Waals surface area contributed by atoms with Gasteiger partial charge in [-0.25, -0.2) is 4.39 Å². The van der Waals surface area contributed by atoms with Gasteiger partial charge in [0.25, 0.3) is 0 Å². The van der Waals surface area contributed by atoms with Crippen molar-refractivity contribution >= 4 is 12.0 Å². The molecule has 1 heterocycles. The fourth-order valence-electron chi connectivity index (χ4n) is 2.43.